The molecule has 5 rings (SSSR count). The van der Waals surface area contributed by atoms with Crippen LogP contribution in [0, 0.1) is 6.92 Å². The summed E-state index contributed by atoms with van der Waals surface area (Å²) in [5.74, 6) is -0.234. The molecule has 0 spiro atoms. The first-order chi connectivity index (χ1) is 21.9. The van der Waals surface area contributed by atoms with E-state index in [0.29, 0.717) is 58.0 Å². The summed E-state index contributed by atoms with van der Waals surface area (Å²) < 4.78 is 9.83. The van der Waals surface area contributed by atoms with Gasteiger partial charge in [0.2, 0.25) is 0 Å². The van der Waals surface area contributed by atoms with Crippen LogP contribution in [0.2, 0.25) is 0 Å². The maximum atomic E-state index is 12.2. The summed E-state index contributed by atoms with van der Waals surface area (Å²) in [5.41, 5.74) is 6.06. The third-order valence-corrected chi connectivity index (χ3v) is 8.66. The Morgan fingerprint density at radius 1 is 0.935 bits per heavy atom. The molecule has 0 unspecified atom stereocenters. The van der Waals surface area contributed by atoms with Crippen LogP contribution in [0.15, 0.2) is 90.3 Å². The molecule has 46 heavy (non-hydrogen) atoms. The molecule has 0 saturated carbocycles. The molecule has 5 heterocycles. The lowest BCUT2D eigenvalue weighted by Gasteiger charge is -2.19. The fourth-order valence-corrected chi connectivity index (χ4v) is 5.89. The number of aromatic amines is 1. The number of fused-ring (bicyclic) bond motifs is 5. The van der Waals surface area contributed by atoms with Gasteiger partial charge in [0.1, 0.15) is 5.60 Å². The highest BCUT2D eigenvalue weighted by Gasteiger charge is 2.39. The number of esters is 2. The molecular weight excluding hydrogens is 586 g/mol. The van der Waals surface area contributed by atoms with Gasteiger partial charge in [-0.3, -0.25) is 9.59 Å². The van der Waals surface area contributed by atoms with Gasteiger partial charge in [-0.2, -0.15) is 0 Å². The zero-order valence-electron chi connectivity index (χ0n) is 26.8. The minimum Gasteiger partial charge on any atom is -0.516 e. The standard InChI is InChI=1S/C35H37N5O6/c1-8-21-18(2)27-15-25-19(3)22(9-11-31(42)45-6)28(36-25)17-29-23(10-12-32(43)46-7)20(4)26(37-29)16-30-24(13-14-41)35(5,44)34(39-30)40-33(21)38-27/h8,13-17,37,41,44H,1,9-12H2,2-7H3/b14-13+,25-15?,26-16?,29-17?,40-33?/t35-/m0/s1. The number of H-pyrrole nitrogens is 1. The Labute approximate surface area is 266 Å². The van der Waals surface area contributed by atoms with Crippen molar-refractivity contribution >= 4 is 47.2 Å². The fraction of sp³-hybridized carbons (Fsp3) is 0.314. The van der Waals surface area contributed by atoms with Gasteiger partial charge >= 0.3 is 11.9 Å². The van der Waals surface area contributed by atoms with Crippen LogP contribution >= 0.6 is 0 Å². The van der Waals surface area contributed by atoms with Gasteiger partial charge in [0, 0.05) is 34.7 Å². The second kappa shape index (κ2) is 12.7. The fourth-order valence-electron chi connectivity index (χ4n) is 5.89. The van der Waals surface area contributed by atoms with E-state index in [0.717, 1.165) is 39.5 Å². The third-order valence-electron chi connectivity index (χ3n) is 8.66. The molecule has 4 aliphatic heterocycles. The van der Waals surface area contributed by atoms with E-state index in [1.165, 1.54) is 20.3 Å². The molecular formula is C35H37N5O6. The van der Waals surface area contributed by atoms with Crippen LogP contribution in [-0.4, -0.2) is 70.1 Å². The maximum absolute atomic E-state index is 12.2. The SMILES string of the molecule is C=CC1=C(C)C2=NC1=NC1=NC(=C(/C=C/O)[C@]1(C)O)C=c1[nH]c(c(CCC(=O)OC)c1C)=CC1=NC(=C2)C(C)=C1CCC(=O)OC. The van der Waals surface area contributed by atoms with Gasteiger partial charge in [-0.25, -0.2) is 20.0 Å². The van der Waals surface area contributed by atoms with E-state index in [4.69, 9.17) is 29.4 Å². The van der Waals surface area contributed by atoms with Crippen LogP contribution in [0.5, 0.6) is 0 Å². The first-order valence-electron chi connectivity index (χ1n) is 14.9. The average molecular weight is 624 g/mol. The van der Waals surface area contributed by atoms with Crippen molar-refractivity contribution in [1.29, 1.82) is 0 Å². The van der Waals surface area contributed by atoms with Crippen molar-refractivity contribution in [3.8, 4) is 0 Å². The number of hydrogen-bond donors (Lipinski definition) is 3. The number of rotatable bonds is 8. The Morgan fingerprint density at radius 2 is 1.63 bits per heavy atom. The monoisotopic (exact) mass is 623 g/mol. The molecule has 1 atom stereocenters. The van der Waals surface area contributed by atoms with Crippen molar-refractivity contribution in [2.24, 2.45) is 20.0 Å². The largest absolute Gasteiger partial charge is 0.516 e. The van der Waals surface area contributed by atoms with Crippen LogP contribution in [-0.2, 0) is 25.5 Å². The molecule has 4 aliphatic rings. The molecule has 1 aromatic heterocycles. The number of nitrogens with one attached hydrogen (secondary N) is 1. The molecule has 11 nitrogen and oxygen atoms in total. The van der Waals surface area contributed by atoms with Gasteiger partial charge in [-0.05, 0) is 92.7 Å². The van der Waals surface area contributed by atoms with Crippen molar-refractivity contribution in [2.45, 2.75) is 59.0 Å². The number of aliphatic hydroxyl groups excluding tert-OH is 1. The van der Waals surface area contributed by atoms with Gasteiger partial charge in [0.15, 0.2) is 11.7 Å². The van der Waals surface area contributed by atoms with E-state index in [1.807, 2.05) is 32.9 Å². The Morgan fingerprint density at radius 3 is 2.28 bits per heavy atom. The van der Waals surface area contributed by atoms with Crippen molar-refractivity contribution < 1.29 is 29.3 Å². The Balaban J connectivity index is 1.84. The minimum atomic E-state index is -1.65. The predicted molar refractivity (Wildman–Crippen MR) is 178 cm³/mol. The van der Waals surface area contributed by atoms with Crippen molar-refractivity contribution in [3.63, 3.8) is 0 Å². The van der Waals surface area contributed by atoms with E-state index >= 15 is 0 Å². The summed E-state index contributed by atoms with van der Waals surface area (Å²) >= 11 is 0. The number of methoxy groups -OCH3 is 2. The minimum absolute atomic E-state index is 0.100. The highest BCUT2D eigenvalue weighted by Crippen LogP contribution is 2.34. The molecule has 11 heteroatoms. The van der Waals surface area contributed by atoms with Crippen LogP contribution in [0.3, 0.4) is 0 Å². The number of allylic oxidation sites excluding steroid dienone is 5. The summed E-state index contributed by atoms with van der Waals surface area (Å²) in [4.78, 5) is 47.0. The third kappa shape index (κ3) is 5.81. The topological polar surface area (TPSA) is 158 Å². The number of aromatic nitrogens is 1. The smallest absolute Gasteiger partial charge is 0.305 e. The number of nitrogens with zero attached hydrogens (tertiary/aromatic N) is 4. The van der Waals surface area contributed by atoms with Gasteiger partial charge < -0.3 is 24.7 Å². The Bertz CT molecular complexity index is 1970. The number of hydrogen-bond acceptors (Lipinski definition) is 10. The average Bonchev–Trinajstić information content (AvgIpc) is 3.67. The molecule has 8 bridgehead atoms. The number of carbonyl (C=O) groups excluding carboxylic acids is 2. The van der Waals surface area contributed by atoms with Gasteiger partial charge in [-0.15, -0.1) is 0 Å². The molecule has 0 amide bonds. The lowest BCUT2D eigenvalue weighted by atomic mass is 9.95. The van der Waals surface area contributed by atoms with E-state index in [9.17, 15) is 19.8 Å². The summed E-state index contributed by atoms with van der Waals surface area (Å²) in [6.07, 6.45) is 10.6. The second-order valence-corrected chi connectivity index (χ2v) is 11.4. The predicted octanol–water partition coefficient (Wildman–Crippen LogP) is 3.46. The summed E-state index contributed by atoms with van der Waals surface area (Å²) in [6, 6.07) is 0. The van der Waals surface area contributed by atoms with Crippen LogP contribution < -0.4 is 10.7 Å². The summed E-state index contributed by atoms with van der Waals surface area (Å²) in [5, 5.41) is 22.8. The molecule has 3 N–H and O–H groups in total. The number of carbonyl (C=O) groups is 2. The first kappa shape index (κ1) is 32.2. The zero-order valence-corrected chi connectivity index (χ0v) is 26.8. The molecule has 0 aromatic carbocycles. The lowest BCUT2D eigenvalue weighted by molar-refractivity contribution is -0.141. The van der Waals surface area contributed by atoms with Gasteiger partial charge in [-0.1, -0.05) is 12.7 Å². The highest BCUT2D eigenvalue weighted by molar-refractivity contribution is 6.29. The van der Waals surface area contributed by atoms with Crippen LogP contribution in [0.4, 0.5) is 0 Å². The van der Waals surface area contributed by atoms with Crippen molar-refractivity contribution in [2.75, 3.05) is 14.2 Å². The number of aliphatic hydroxyl groups is 2. The summed E-state index contributed by atoms with van der Waals surface area (Å²) in [7, 11) is 2.72. The molecule has 1 aromatic rings. The number of amidine groups is 2. The molecule has 0 saturated heterocycles. The van der Waals surface area contributed by atoms with E-state index in [2.05, 4.69) is 11.6 Å². The Hall–Kier alpha value is -5.16. The van der Waals surface area contributed by atoms with E-state index in [1.54, 1.807) is 19.1 Å². The lowest BCUT2D eigenvalue weighted by Crippen LogP contribution is -2.33. The molecule has 238 valence electrons. The number of ether oxygens (including phenoxy) is 2. The van der Waals surface area contributed by atoms with Crippen LogP contribution in [0.25, 0.3) is 12.2 Å². The molecule has 0 aliphatic carbocycles. The maximum Gasteiger partial charge on any atom is 0.305 e. The molecule has 0 radical (unpaired) electrons. The summed E-state index contributed by atoms with van der Waals surface area (Å²) in [6.45, 7) is 11.3. The quantitative estimate of drug-likeness (QED) is 0.297. The normalized spacial score (nSPS) is 20.6. The number of aliphatic imine (C=N–C) groups is 4. The second-order valence-electron chi connectivity index (χ2n) is 11.4. The van der Waals surface area contributed by atoms with Crippen molar-refractivity contribution in [1.82, 2.24) is 4.98 Å². The zero-order chi connectivity index (χ0) is 33.3. The van der Waals surface area contributed by atoms with Gasteiger partial charge in [0.25, 0.3) is 0 Å². The van der Waals surface area contributed by atoms with Crippen LogP contribution in [0.1, 0.15) is 51.2 Å². The Kier molecular flexibility index (Phi) is 8.89. The molecule has 0 fully saturated rings. The van der Waals surface area contributed by atoms with Gasteiger partial charge in [0.05, 0.1) is 43.3 Å². The van der Waals surface area contributed by atoms with E-state index < -0.39 is 5.60 Å². The highest BCUT2D eigenvalue weighted by atomic mass is 16.5. The van der Waals surface area contributed by atoms with Crippen molar-refractivity contribution in [3.05, 3.63) is 92.2 Å². The van der Waals surface area contributed by atoms with E-state index in [-0.39, 0.29) is 30.6 Å². The first-order valence-corrected chi connectivity index (χ1v) is 14.9.